The standard InChI is InChI=1S/C75H90N2/c1-7-11-15-19-23-59-27-47-69(48-28-59)76(70-49-29-60(30-50-70)24-20-16-12-8-2)73-55-39-65(40-56-73)63-35-43-67(44-36-63)75(5,6)68-45-37-64(38-46-68)66-41-57-74(58-42-66)77(71-51-31-61(32-52-71)25-21-17-13-9-3)72-53-33-62(34-54-72)26-22-18-14-10-4/h27-58H,7-26H2,1-6H3. The number of nitrogens with zero attached hydrogens (tertiary/aromatic N) is 2. The Morgan fingerprint density at radius 3 is 0.636 bits per heavy atom. The third-order valence-corrected chi connectivity index (χ3v) is 16.2. The van der Waals surface area contributed by atoms with Crippen LogP contribution in [0.15, 0.2) is 194 Å². The molecule has 0 heterocycles. The Hall–Kier alpha value is -6.64. The van der Waals surface area contributed by atoms with Crippen molar-refractivity contribution in [3.8, 4) is 22.3 Å². The highest BCUT2D eigenvalue weighted by atomic mass is 15.1. The molecule has 2 heteroatoms. The lowest BCUT2D eigenvalue weighted by Crippen LogP contribution is -2.18. The maximum atomic E-state index is 2.41. The van der Waals surface area contributed by atoms with Crippen LogP contribution in [0.4, 0.5) is 34.1 Å². The molecule has 0 spiro atoms. The number of benzene rings is 8. The summed E-state index contributed by atoms with van der Waals surface area (Å²) in [6.07, 6.45) is 25.2. The van der Waals surface area contributed by atoms with Gasteiger partial charge in [-0.05, 0) is 180 Å². The van der Waals surface area contributed by atoms with Gasteiger partial charge in [-0.1, -0.05) is 240 Å². The summed E-state index contributed by atoms with van der Waals surface area (Å²) in [4.78, 5) is 4.83. The van der Waals surface area contributed by atoms with Gasteiger partial charge in [-0.15, -0.1) is 0 Å². The van der Waals surface area contributed by atoms with E-state index in [4.69, 9.17) is 0 Å². The van der Waals surface area contributed by atoms with Crippen LogP contribution in [-0.2, 0) is 31.1 Å². The summed E-state index contributed by atoms with van der Waals surface area (Å²) in [6.45, 7) is 13.8. The molecular formula is C75H90N2. The van der Waals surface area contributed by atoms with Crippen molar-refractivity contribution < 1.29 is 0 Å². The smallest absolute Gasteiger partial charge is 0.0462 e. The van der Waals surface area contributed by atoms with Crippen molar-refractivity contribution >= 4 is 34.1 Å². The van der Waals surface area contributed by atoms with Gasteiger partial charge in [0.1, 0.15) is 0 Å². The summed E-state index contributed by atoms with van der Waals surface area (Å²) in [7, 11) is 0. The first-order chi connectivity index (χ1) is 37.8. The lowest BCUT2D eigenvalue weighted by atomic mass is 9.77. The first-order valence-corrected chi connectivity index (χ1v) is 30.2. The molecule has 0 atom stereocenters. The van der Waals surface area contributed by atoms with Crippen molar-refractivity contribution in [3.63, 3.8) is 0 Å². The molecule has 0 saturated carbocycles. The van der Waals surface area contributed by atoms with Crippen molar-refractivity contribution in [3.05, 3.63) is 228 Å². The lowest BCUT2D eigenvalue weighted by molar-refractivity contribution is 0.641. The van der Waals surface area contributed by atoms with Crippen molar-refractivity contribution in [1.29, 1.82) is 0 Å². The number of aryl methyl sites for hydroxylation is 4. The van der Waals surface area contributed by atoms with Gasteiger partial charge in [-0.25, -0.2) is 0 Å². The predicted octanol–water partition coefficient (Wildman–Crippen LogP) is 22.8. The average molecular weight is 1020 g/mol. The topological polar surface area (TPSA) is 6.48 Å². The van der Waals surface area contributed by atoms with Gasteiger partial charge in [-0.3, -0.25) is 0 Å². The first-order valence-electron chi connectivity index (χ1n) is 30.2. The summed E-state index contributed by atoms with van der Waals surface area (Å²) in [6, 6.07) is 74.0. The van der Waals surface area contributed by atoms with E-state index in [1.54, 1.807) is 0 Å². The lowest BCUT2D eigenvalue weighted by Gasteiger charge is -2.27. The van der Waals surface area contributed by atoms with Crippen LogP contribution in [0.1, 0.15) is 178 Å². The van der Waals surface area contributed by atoms with Gasteiger partial charge in [0.2, 0.25) is 0 Å². The molecule has 0 unspecified atom stereocenters. The number of unbranched alkanes of at least 4 members (excludes halogenated alkanes) is 12. The number of hydrogen-bond acceptors (Lipinski definition) is 2. The van der Waals surface area contributed by atoms with Crippen molar-refractivity contribution in [2.45, 2.75) is 175 Å². The Balaban J connectivity index is 0.955. The minimum absolute atomic E-state index is 0.169. The van der Waals surface area contributed by atoms with Crippen LogP contribution < -0.4 is 9.80 Å². The fourth-order valence-corrected chi connectivity index (χ4v) is 11.1. The maximum absolute atomic E-state index is 2.41. The molecule has 2 nitrogen and oxygen atoms in total. The van der Waals surface area contributed by atoms with Crippen molar-refractivity contribution in [2.24, 2.45) is 0 Å². The van der Waals surface area contributed by atoms with Gasteiger partial charge in [0.05, 0.1) is 0 Å². The number of anilines is 6. The van der Waals surface area contributed by atoms with Crippen molar-refractivity contribution in [1.82, 2.24) is 0 Å². The second kappa shape index (κ2) is 29.2. The molecule has 0 amide bonds. The average Bonchev–Trinajstić information content (AvgIpc) is 3.48. The van der Waals surface area contributed by atoms with E-state index in [1.165, 1.54) is 192 Å². The van der Waals surface area contributed by atoms with E-state index in [9.17, 15) is 0 Å². The Morgan fingerprint density at radius 2 is 0.429 bits per heavy atom. The predicted molar refractivity (Wildman–Crippen MR) is 337 cm³/mol. The van der Waals surface area contributed by atoms with Crippen LogP contribution in [0.2, 0.25) is 0 Å². The van der Waals surface area contributed by atoms with Crippen LogP contribution in [0.3, 0.4) is 0 Å². The largest absolute Gasteiger partial charge is 0.311 e. The Morgan fingerprint density at radius 1 is 0.234 bits per heavy atom. The van der Waals surface area contributed by atoms with E-state index in [-0.39, 0.29) is 5.41 Å². The first kappa shape index (κ1) is 56.6. The Kier molecular flexibility index (Phi) is 21.4. The molecule has 0 fully saturated rings. The molecule has 8 rings (SSSR count). The molecule has 0 aliphatic carbocycles. The molecule has 8 aromatic carbocycles. The summed E-state index contributed by atoms with van der Waals surface area (Å²) in [5.41, 5.74) is 20.1. The molecule has 0 bridgehead atoms. The van der Waals surface area contributed by atoms with E-state index >= 15 is 0 Å². The van der Waals surface area contributed by atoms with Gasteiger partial charge in [0.25, 0.3) is 0 Å². The van der Waals surface area contributed by atoms with Gasteiger partial charge in [0, 0.05) is 39.5 Å². The van der Waals surface area contributed by atoms with E-state index in [0.717, 1.165) is 25.7 Å². The molecule has 0 aromatic heterocycles. The molecule has 0 aliphatic rings. The highest BCUT2D eigenvalue weighted by Gasteiger charge is 2.24. The van der Waals surface area contributed by atoms with E-state index in [2.05, 4.69) is 245 Å². The van der Waals surface area contributed by atoms with Gasteiger partial charge < -0.3 is 9.80 Å². The second-order valence-corrected chi connectivity index (χ2v) is 22.5. The third kappa shape index (κ3) is 15.7. The summed E-state index contributed by atoms with van der Waals surface area (Å²) in [5.74, 6) is 0. The highest BCUT2D eigenvalue weighted by Crippen LogP contribution is 2.40. The number of hydrogen-bond donors (Lipinski definition) is 0. The minimum Gasteiger partial charge on any atom is -0.311 e. The zero-order valence-electron chi connectivity index (χ0n) is 48.0. The fourth-order valence-electron chi connectivity index (χ4n) is 11.1. The summed E-state index contributed by atoms with van der Waals surface area (Å²) < 4.78 is 0. The monoisotopic (exact) mass is 1020 g/mol. The maximum Gasteiger partial charge on any atom is 0.0462 e. The van der Waals surface area contributed by atoms with Crippen LogP contribution in [0, 0.1) is 0 Å². The molecule has 0 N–H and O–H groups in total. The highest BCUT2D eigenvalue weighted by molar-refractivity contribution is 5.80. The zero-order chi connectivity index (χ0) is 53.7. The fraction of sp³-hybridized carbons (Fsp3) is 0.360. The molecule has 77 heavy (non-hydrogen) atoms. The Labute approximate surface area is 466 Å². The van der Waals surface area contributed by atoms with Gasteiger partial charge in [-0.2, -0.15) is 0 Å². The molecule has 0 radical (unpaired) electrons. The zero-order valence-corrected chi connectivity index (χ0v) is 48.0. The van der Waals surface area contributed by atoms with E-state index < -0.39 is 0 Å². The third-order valence-electron chi connectivity index (χ3n) is 16.2. The van der Waals surface area contributed by atoms with Gasteiger partial charge >= 0.3 is 0 Å². The number of rotatable bonds is 30. The van der Waals surface area contributed by atoms with Crippen LogP contribution >= 0.6 is 0 Å². The Bertz CT molecular complexity index is 2590. The van der Waals surface area contributed by atoms with E-state index in [1.807, 2.05) is 0 Å². The molecule has 0 saturated heterocycles. The second-order valence-electron chi connectivity index (χ2n) is 22.5. The summed E-state index contributed by atoms with van der Waals surface area (Å²) in [5, 5.41) is 0. The van der Waals surface area contributed by atoms with Gasteiger partial charge in [0.15, 0.2) is 0 Å². The molecular weight excluding hydrogens is 929 g/mol. The SMILES string of the molecule is CCCCCCc1ccc(N(c2ccc(CCCCCC)cc2)c2ccc(-c3ccc(C(C)(C)c4ccc(-c5ccc(N(c6ccc(CCCCCC)cc6)c6ccc(CCCCCC)cc6)cc5)cc4)cc3)cc2)cc1. The van der Waals surface area contributed by atoms with Crippen LogP contribution in [-0.4, -0.2) is 0 Å². The molecule has 8 aromatic rings. The molecule has 400 valence electrons. The molecule has 0 aliphatic heterocycles. The quantitative estimate of drug-likeness (QED) is 0.0414. The van der Waals surface area contributed by atoms with Crippen molar-refractivity contribution in [2.75, 3.05) is 9.80 Å². The summed E-state index contributed by atoms with van der Waals surface area (Å²) >= 11 is 0. The van der Waals surface area contributed by atoms with E-state index in [0.29, 0.717) is 0 Å². The van der Waals surface area contributed by atoms with Crippen LogP contribution in [0.5, 0.6) is 0 Å². The minimum atomic E-state index is -0.169. The normalized spacial score (nSPS) is 11.5. The van der Waals surface area contributed by atoms with Crippen LogP contribution in [0.25, 0.3) is 22.3 Å².